The van der Waals surface area contributed by atoms with Crippen LogP contribution in [-0.4, -0.2) is 9.13 Å². The van der Waals surface area contributed by atoms with E-state index in [2.05, 4.69) is 5.32 Å². The average molecular weight is 342 g/mol. The van der Waals surface area contributed by atoms with Gasteiger partial charge in [-0.05, 0) is 24.6 Å². The summed E-state index contributed by atoms with van der Waals surface area (Å²) in [5.74, 6) is 0. The van der Waals surface area contributed by atoms with Crippen LogP contribution in [0.15, 0.2) is 33.9 Å². The molecular formula is C15H17Cl2N3O2. The molecule has 2 rings (SSSR count). The largest absolute Gasteiger partial charge is 0.330 e. The zero-order chi connectivity index (χ0) is 16.4. The minimum Gasteiger partial charge on any atom is -0.305 e. The van der Waals surface area contributed by atoms with Gasteiger partial charge in [0.05, 0.1) is 0 Å². The lowest BCUT2D eigenvalue weighted by molar-refractivity contribution is 0.540. The van der Waals surface area contributed by atoms with E-state index in [4.69, 9.17) is 23.2 Å². The number of hydrogen-bond acceptors (Lipinski definition) is 3. The van der Waals surface area contributed by atoms with E-state index < -0.39 is 0 Å². The maximum absolute atomic E-state index is 11.9. The monoisotopic (exact) mass is 341 g/mol. The predicted octanol–water partition coefficient (Wildman–Crippen LogP) is 2.24. The van der Waals surface area contributed by atoms with Crippen LogP contribution in [0.25, 0.3) is 0 Å². The minimum atomic E-state index is -0.346. The van der Waals surface area contributed by atoms with Crippen molar-refractivity contribution in [2.24, 2.45) is 14.1 Å². The zero-order valence-electron chi connectivity index (χ0n) is 12.6. The first kappa shape index (κ1) is 16.8. The maximum atomic E-state index is 11.9. The summed E-state index contributed by atoms with van der Waals surface area (Å²) in [7, 11) is 3.09. The molecule has 7 heteroatoms. The lowest BCUT2D eigenvalue weighted by Crippen LogP contribution is -2.39. The third-order valence-corrected chi connectivity index (χ3v) is 4.21. The van der Waals surface area contributed by atoms with Crippen LogP contribution in [0.3, 0.4) is 0 Å². The van der Waals surface area contributed by atoms with Crippen LogP contribution in [0.1, 0.15) is 24.2 Å². The highest BCUT2D eigenvalue weighted by Crippen LogP contribution is 2.26. The number of nitrogens with one attached hydrogen (secondary N) is 1. The van der Waals surface area contributed by atoms with Crippen LogP contribution in [-0.2, 0) is 20.6 Å². The average Bonchev–Trinajstić information content (AvgIpc) is 2.47. The number of benzene rings is 1. The fourth-order valence-corrected chi connectivity index (χ4v) is 2.74. The number of rotatable bonds is 4. The molecule has 0 radical (unpaired) electrons. The predicted molar refractivity (Wildman–Crippen MR) is 88.6 cm³/mol. The molecule has 0 aliphatic heterocycles. The highest BCUT2D eigenvalue weighted by molar-refractivity contribution is 6.35. The summed E-state index contributed by atoms with van der Waals surface area (Å²) in [6.45, 7) is 2.33. The second-order valence-electron chi connectivity index (χ2n) is 5.14. The molecule has 0 aliphatic rings. The first-order valence-corrected chi connectivity index (χ1v) is 7.51. The SMILES string of the molecule is C[C@H](NCc1cc(=O)n(C)c(=O)n1C)c1ccc(Cl)cc1Cl. The van der Waals surface area contributed by atoms with E-state index in [1.54, 1.807) is 19.2 Å². The highest BCUT2D eigenvalue weighted by Gasteiger charge is 2.11. The van der Waals surface area contributed by atoms with Crippen molar-refractivity contribution in [3.63, 3.8) is 0 Å². The smallest absolute Gasteiger partial charge is 0.305 e. The topological polar surface area (TPSA) is 56.0 Å². The first-order chi connectivity index (χ1) is 10.3. The van der Waals surface area contributed by atoms with Crippen molar-refractivity contribution < 1.29 is 0 Å². The van der Waals surface area contributed by atoms with E-state index in [1.165, 1.54) is 17.7 Å². The van der Waals surface area contributed by atoms with Crippen molar-refractivity contribution in [2.45, 2.75) is 19.5 Å². The summed E-state index contributed by atoms with van der Waals surface area (Å²) in [4.78, 5) is 23.6. The van der Waals surface area contributed by atoms with Gasteiger partial charge in [0, 0.05) is 48.5 Å². The van der Waals surface area contributed by atoms with Gasteiger partial charge in [-0.1, -0.05) is 29.3 Å². The van der Waals surface area contributed by atoms with Gasteiger partial charge in [0.25, 0.3) is 5.56 Å². The van der Waals surface area contributed by atoms with Gasteiger partial charge in [-0.3, -0.25) is 13.9 Å². The number of aromatic nitrogens is 2. The van der Waals surface area contributed by atoms with Gasteiger partial charge in [0.15, 0.2) is 0 Å². The molecule has 118 valence electrons. The number of halogens is 2. The van der Waals surface area contributed by atoms with Crippen LogP contribution in [0, 0.1) is 0 Å². The van der Waals surface area contributed by atoms with E-state index in [0.717, 1.165) is 10.1 Å². The highest BCUT2D eigenvalue weighted by atomic mass is 35.5. The van der Waals surface area contributed by atoms with E-state index >= 15 is 0 Å². The van der Waals surface area contributed by atoms with Crippen molar-refractivity contribution in [1.82, 2.24) is 14.5 Å². The Bertz CT molecular complexity index is 811. The van der Waals surface area contributed by atoms with Gasteiger partial charge < -0.3 is 5.32 Å². The molecule has 0 saturated heterocycles. The molecule has 0 bridgehead atoms. The molecule has 0 amide bonds. The van der Waals surface area contributed by atoms with Crippen LogP contribution in [0.4, 0.5) is 0 Å². The molecule has 1 aromatic carbocycles. The quantitative estimate of drug-likeness (QED) is 0.927. The first-order valence-electron chi connectivity index (χ1n) is 6.75. The van der Waals surface area contributed by atoms with Gasteiger partial charge in [-0.25, -0.2) is 4.79 Å². The maximum Gasteiger partial charge on any atom is 0.330 e. The fourth-order valence-electron chi connectivity index (χ4n) is 2.17. The Morgan fingerprint density at radius 2 is 1.82 bits per heavy atom. The molecule has 5 nitrogen and oxygen atoms in total. The Hall–Kier alpha value is -1.56. The van der Waals surface area contributed by atoms with Gasteiger partial charge in [0.1, 0.15) is 0 Å². The van der Waals surface area contributed by atoms with Crippen LogP contribution in [0.2, 0.25) is 10.0 Å². The minimum absolute atomic E-state index is 0.0519. The third-order valence-electron chi connectivity index (χ3n) is 3.64. The third kappa shape index (κ3) is 3.43. The molecule has 0 unspecified atom stereocenters. The molecule has 1 atom stereocenters. The molecule has 1 N–H and O–H groups in total. The summed E-state index contributed by atoms with van der Waals surface area (Å²) in [6.07, 6.45) is 0. The second kappa shape index (κ2) is 6.69. The van der Waals surface area contributed by atoms with E-state index in [9.17, 15) is 9.59 Å². The molecule has 2 aromatic rings. The molecular weight excluding hydrogens is 325 g/mol. The van der Waals surface area contributed by atoms with Crippen molar-refractivity contribution in [3.8, 4) is 0 Å². The van der Waals surface area contributed by atoms with Gasteiger partial charge in [-0.2, -0.15) is 0 Å². The Labute approximate surface area is 138 Å². The van der Waals surface area contributed by atoms with Crippen LogP contribution in [0.5, 0.6) is 0 Å². The molecule has 1 heterocycles. The summed E-state index contributed by atoms with van der Waals surface area (Å²) in [5.41, 5.74) is 0.850. The molecule has 0 saturated carbocycles. The van der Waals surface area contributed by atoms with Gasteiger partial charge in [-0.15, -0.1) is 0 Å². The lowest BCUT2D eigenvalue weighted by Gasteiger charge is -2.17. The van der Waals surface area contributed by atoms with Crippen molar-refractivity contribution >= 4 is 23.2 Å². The Balaban J connectivity index is 2.20. The fraction of sp³-hybridized carbons (Fsp3) is 0.333. The number of nitrogens with zero attached hydrogens (tertiary/aromatic N) is 2. The summed E-state index contributed by atoms with van der Waals surface area (Å²) in [5, 5.41) is 4.41. The summed E-state index contributed by atoms with van der Waals surface area (Å²) in [6, 6.07) is 6.71. The summed E-state index contributed by atoms with van der Waals surface area (Å²) >= 11 is 12.1. The Kier molecular flexibility index (Phi) is 5.11. The van der Waals surface area contributed by atoms with Gasteiger partial charge >= 0.3 is 5.69 Å². The Morgan fingerprint density at radius 1 is 1.14 bits per heavy atom. The molecule has 0 spiro atoms. The van der Waals surface area contributed by atoms with E-state index in [-0.39, 0.29) is 17.3 Å². The molecule has 0 fully saturated rings. The van der Waals surface area contributed by atoms with Gasteiger partial charge in [0.2, 0.25) is 0 Å². The van der Waals surface area contributed by atoms with E-state index in [0.29, 0.717) is 22.3 Å². The van der Waals surface area contributed by atoms with E-state index in [1.807, 2.05) is 13.0 Å². The lowest BCUT2D eigenvalue weighted by atomic mass is 10.1. The zero-order valence-corrected chi connectivity index (χ0v) is 14.1. The molecule has 22 heavy (non-hydrogen) atoms. The van der Waals surface area contributed by atoms with Crippen molar-refractivity contribution in [2.75, 3.05) is 0 Å². The van der Waals surface area contributed by atoms with Crippen molar-refractivity contribution in [1.29, 1.82) is 0 Å². The van der Waals surface area contributed by atoms with Crippen molar-refractivity contribution in [3.05, 3.63) is 66.4 Å². The number of hydrogen-bond donors (Lipinski definition) is 1. The van der Waals surface area contributed by atoms with Crippen LogP contribution >= 0.6 is 23.2 Å². The van der Waals surface area contributed by atoms with Crippen LogP contribution < -0.4 is 16.6 Å². The molecule has 1 aromatic heterocycles. The normalized spacial score (nSPS) is 12.4. The molecule has 0 aliphatic carbocycles. The Morgan fingerprint density at radius 3 is 2.45 bits per heavy atom. The summed E-state index contributed by atoms with van der Waals surface area (Å²) < 4.78 is 2.52. The standard InChI is InChI=1S/C15H17Cl2N3O2/c1-9(12-5-4-10(16)6-13(12)17)18-8-11-7-14(21)20(3)15(22)19(11)2/h4-7,9,18H,8H2,1-3H3/t9-/m0/s1. The second-order valence-corrected chi connectivity index (χ2v) is 5.99.